The summed E-state index contributed by atoms with van der Waals surface area (Å²) in [6.45, 7) is 0. The number of aromatic nitrogens is 3. The molecule has 0 saturated heterocycles. The van der Waals surface area contributed by atoms with Gasteiger partial charge in [-0.05, 0) is 59.2 Å². The fraction of sp³-hybridized carbons (Fsp3) is 0. The van der Waals surface area contributed by atoms with Crippen LogP contribution in [-0.2, 0) is 0 Å². The lowest BCUT2D eigenvalue weighted by Gasteiger charge is -2.30. The van der Waals surface area contributed by atoms with Crippen LogP contribution in [0.3, 0.4) is 0 Å². The Hall–Kier alpha value is -7.64. The summed E-state index contributed by atoms with van der Waals surface area (Å²) < 4.78 is 22.6. The lowest BCUT2D eigenvalue weighted by atomic mass is 9.93. The van der Waals surface area contributed by atoms with Gasteiger partial charge in [0.05, 0.1) is 33.9 Å². The first-order valence-corrected chi connectivity index (χ1v) is 18.2. The highest BCUT2D eigenvalue weighted by Crippen LogP contribution is 2.58. The molecule has 0 fully saturated rings. The van der Waals surface area contributed by atoms with Crippen molar-refractivity contribution in [1.82, 2.24) is 14.5 Å². The molecule has 0 bridgehead atoms. The van der Waals surface area contributed by atoms with Crippen molar-refractivity contribution in [3.8, 4) is 51.2 Å². The van der Waals surface area contributed by atoms with Gasteiger partial charge in [-0.1, -0.05) is 127 Å². The number of para-hydroxylation sites is 4. The number of hydrogen-bond donors (Lipinski definition) is 0. The second-order valence-corrected chi connectivity index (χ2v) is 13.4. The third-order valence-corrected chi connectivity index (χ3v) is 10.2. The number of nitrogens with zero attached hydrogens (tertiary/aromatic N) is 4. The highest BCUT2D eigenvalue weighted by atomic mass is 16.5. The molecule has 7 nitrogen and oxygen atoms in total. The molecule has 0 radical (unpaired) electrons. The molecule has 11 rings (SSSR count). The van der Waals surface area contributed by atoms with Gasteiger partial charge in [0.1, 0.15) is 11.4 Å². The van der Waals surface area contributed by atoms with Gasteiger partial charge in [0, 0.05) is 16.8 Å². The maximum atomic E-state index is 7.01. The van der Waals surface area contributed by atoms with Crippen LogP contribution in [0.2, 0.25) is 0 Å². The second kappa shape index (κ2) is 12.5. The van der Waals surface area contributed by atoms with Crippen LogP contribution in [-0.4, -0.2) is 14.5 Å². The minimum Gasteiger partial charge on any atom is -0.446 e. The highest BCUT2D eigenvalue weighted by Gasteiger charge is 2.36. The van der Waals surface area contributed by atoms with E-state index in [9.17, 15) is 0 Å². The van der Waals surface area contributed by atoms with Gasteiger partial charge >= 0.3 is 0 Å². The molecule has 0 atom stereocenters. The normalized spacial score (nSPS) is 12.1. The summed E-state index contributed by atoms with van der Waals surface area (Å²) in [5, 5.41) is 3.19. The predicted octanol–water partition coefficient (Wildman–Crippen LogP) is 13.0. The Labute approximate surface area is 315 Å². The number of hydrogen-bond acceptors (Lipinski definition) is 6. The molecule has 260 valence electrons. The summed E-state index contributed by atoms with van der Waals surface area (Å²) in [7, 11) is 0. The molecular weight excluding hydrogens is 681 g/mol. The van der Waals surface area contributed by atoms with Crippen LogP contribution < -0.4 is 14.4 Å². The minimum atomic E-state index is 0.421. The largest absolute Gasteiger partial charge is 0.446 e. The predicted molar refractivity (Wildman–Crippen MR) is 218 cm³/mol. The van der Waals surface area contributed by atoms with E-state index >= 15 is 0 Å². The molecule has 4 aromatic heterocycles. The van der Waals surface area contributed by atoms with E-state index in [-0.39, 0.29) is 0 Å². The van der Waals surface area contributed by atoms with Crippen molar-refractivity contribution in [3.05, 3.63) is 182 Å². The van der Waals surface area contributed by atoms with Crippen molar-refractivity contribution in [1.29, 1.82) is 0 Å². The molecule has 1 aliphatic rings. The summed E-state index contributed by atoms with van der Waals surface area (Å²) in [5.74, 6) is 3.95. The second-order valence-electron chi connectivity index (χ2n) is 13.4. The summed E-state index contributed by atoms with van der Waals surface area (Å²) in [6, 6.07) is 59.3. The first kappa shape index (κ1) is 30.9. The topological polar surface area (TPSA) is 65.5 Å². The van der Waals surface area contributed by atoms with E-state index in [4.69, 9.17) is 23.9 Å². The standard InChI is InChI=1S/C48H30N4O3/c1-3-16-31(17-4-1)33-20-7-8-23-36(33)44-41(53-43-29-15-28-42(50-43)52-38-25-12-9-21-34(38)35-22-10-13-26-39(35)52)30-49-47-46(44)55-45-37-24-11-14-27-40(37)54-48(45)51(47)32-18-5-2-6-19-32/h1-30H. The van der Waals surface area contributed by atoms with Gasteiger partial charge in [0.2, 0.25) is 5.88 Å². The zero-order valence-corrected chi connectivity index (χ0v) is 29.3. The van der Waals surface area contributed by atoms with Crippen LogP contribution in [0.1, 0.15) is 0 Å². The van der Waals surface area contributed by atoms with Crippen molar-refractivity contribution < 1.29 is 13.9 Å². The summed E-state index contributed by atoms with van der Waals surface area (Å²) in [6.07, 6.45) is 1.76. The van der Waals surface area contributed by atoms with E-state index in [1.807, 2.05) is 102 Å². The number of furan rings is 1. The van der Waals surface area contributed by atoms with Gasteiger partial charge in [-0.15, -0.1) is 0 Å². The minimum absolute atomic E-state index is 0.421. The van der Waals surface area contributed by atoms with Crippen molar-refractivity contribution in [2.24, 2.45) is 0 Å². The Morgan fingerprint density at radius 3 is 1.93 bits per heavy atom. The third-order valence-electron chi connectivity index (χ3n) is 10.2. The van der Waals surface area contributed by atoms with Gasteiger partial charge in [0.15, 0.2) is 23.1 Å². The van der Waals surface area contributed by atoms with E-state index in [0.717, 1.165) is 66.5 Å². The maximum absolute atomic E-state index is 7.01. The molecule has 10 aromatic rings. The van der Waals surface area contributed by atoms with Crippen molar-refractivity contribution in [2.75, 3.05) is 4.90 Å². The van der Waals surface area contributed by atoms with Gasteiger partial charge in [-0.25, -0.2) is 4.98 Å². The summed E-state index contributed by atoms with van der Waals surface area (Å²) in [5.41, 5.74) is 7.48. The Morgan fingerprint density at radius 2 is 1.16 bits per heavy atom. The molecule has 5 heterocycles. The van der Waals surface area contributed by atoms with Gasteiger partial charge in [-0.3, -0.25) is 9.47 Å². The van der Waals surface area contributed by atoms with E-state index < -0.39 is 0 Å². The average molecular weight is 711 g/mol. The molecule has 0 amide bonds. The lowest BCUT2D eigenvalue weighted by Crippen LogP contribution is -2.17. The van der Waals surface area contributed by atoms with Crippen molar-refractivity contribution in [2.45, 2.75) is 0 Å². The van der Waals surface area contributed by atoms with Crippen molar-refractivity contribution in [3.63, 3.8) is 0 Å². The molecular formula is C48H30N4O3. The Balaban J connectivity index is 1.14. The van der Waals surface area contributed by atoms with Crippen LogP contribution in [0.15, 0.2) is 187 Å². The van der Waals surface area contributed by atoms with E-state index in [1.54, 1.807) is 6.20 Å². The number of ether oxygens (including phenoxy) is 2. The van der Waals surface area contributed by atoms with Gasteiger partial charge in [-0.2, -0.15) is 4.98 Å². The summed E-state index contributed by atoms with van der Waals surface area (Å²) >= 11 is 0. The number of rotatable bonds is 6. The Kier molecular flexibility index (Phi) is 7.03. The van der Waals surface area contributed by atoms with Crippen LogP contribution in [0, 0.1) is 0 Å². The average Bonchev–Trinajstić information content (AvgIpc) is 3.79. The highest BCUT2D eigenvalue weighted by molar-refractivity contribution is 6.09. The zero-order valence-electron chi connectivity index (χ0n) is 29.3. The maximum Gasteiger partial charge on any atom is 0.250 e. The summed E-state index contributed by atoms with van der Waals surface area (Å²) in [4.78, 5) is 12.2. The molecule has 0 aliphatic carbocycles. The van der Waals surface area contributed by atoms with Gasteiger partial charge in [0.25, 0.3) is 5.88 Å². The molecule has 0 saturated carbocycles. The molecule has 0 unspecified atom stereocenters. The molecule has 0 N–H and O–H groups in total. The Bertz CT molecular complexity index is 3010. The first-order chi connectivity index (χ1) is 27.3. The molecule has 6 aromatic carbocycles. The Morgan fingerprint density at radius 1 is 0.527 bits per heavy atom. The van der Waals surface area contributed by atoms with E-state index in [0.29, 0.717) is 34.8 Å². The molecule has 7 heteroatoms. The number of pyridine rings is 2. The van der Waals surface area contributed by atoms with Crippen molar-refractivity contribution >= 4 is 50.2 Å². The fourth-order valence-electron chi connectivity index (χ4n) is 7.76. The molecule has 55 heavy (non-hydrogen) atoms. The smallest absolute Gasteiger partial charge is 0.250 e. The lowest BCUT2D eigenvalue weighted by molar-refractivity contribution is 0.441. The van der Waals surface area contributed by atoms with E-state index in [1.165, 1.54) is 0 Å². The van der Waals surface area contributed by atoms with Crippen LogP contribution >= 0.6 is 0 Å². The quantitative estimate of drug-likeness (QED) is 0.171. The monoisotopic (exact) mass is 710 g/mol. The van der Waals surface area contributed by atoms with Gasteiger partial charge < -0.3 is 13.9 Å². The first-order valence-electron chi connectivity index (χ1n) is 18.2. The SMILES string of the molecule is c1ccc(-c2ccccc2-c2c(Oc3cccc(-n4c5ccccc5c5ccccc54)n3)cnc3c2Oc2c(oc4ccccc24)N3c2ccccc2)cc1. The van der Waals surface area contributed by atoms with Crippen LogP contribution in [0.25, 0.3) is 60.8 Å². The third kappa shape index (κ3) is 4.98. The molecule has 0 spiro atoms. The number of fused-ring (bicyclic) bond motifs is 7. The fourth-order valence-corrected chi connectivity index (χ4v) is 7.76. The van der Waals surface area contributed by atoms with E-state index in [2.05, 4.69) is 83.4 Å². The zero-order chi connectivity index (χ0) is 36.3. The number of benzene rings is 6. The molecule has 1 aliphatic heterocycles. The number of anilines is 3. The van der Waals surface area contributed by atoms with Crippen LogP contribution in [0.4, 0.5) is 17.4 Å². The van der Waals surface area contributed by atoms with Crippen LogP contribution in [0.5, 0.6) is 23.1 Å².